The van der Waals surface area contributed by atoms with Crippen LogP contribution in [0.25, 0.3) is 44.5 Å². The molecule has 1 saturated carbocycles. The Morgan fingerprint density at radius 3 is 2.31 bits per heavy atom. The maximum Gasteiger partial charge on any atom is 0.121 e. The minimum Gasteiger partial charge on any atom is -0.501 e. The summed E-state index contributed by atoms with van der Waals surface area (Å²) in [4.78, 5) is 9.14. The van der Waals surface area contributed by atoms with E-state index in [-0.39, 0.29) is 25.5 Å². The smallest absolute Gasteiger partial charge is 0.121 e. The maximum absolute atomic E-state index is 7.79. The number of aryl methyl sites for hydroxylation is 1. The zero-order valence-corrected chi connectivity index (χ0v) is 34.3. The third kappa shape index (κ3) is 8.31. The number of rotatable bonds is 9. The van der Waals surface area contributed by atoms with Gasteiger partial charge in [-0.2, -0.15) is 0 Å². The molecule has 4 aromatic carbocycles. The normalized spacial score (nSPS) is 14.5. The number of hydrogen-bond donors (Lipinski definition) is 0. The summed E-state index contributed by atoms with van der Waals surface area (Å²) in [5.74, 6) is 1.06. The van der Waals surface area contributed by atoms with Crippen molar-refractivity contribution in [2.24, 2.45) is 5.92 Å². The second-order valence-electron chi connectivity index (χ2n) is 14.9. The molecule has 279 valence electrons. The van der Waals surface area contributed by atoms with E-state index in [0.29, 0.717) is 17.4 Å². The topological polar surface area (TPSA) is 38.9 Å². The van der Waals surface area contributed by atoms with Crippen molar-refractivity contribution in [3.05, 3.63) is 155 Å². The number of aromatic nitrogens is 2. The maximum atomic E-state index is 7.79. The standard InChI is InChI=1S/C31H30NO.C19H22N.Ir/c1-5-31(6-2,23-11-8-7-9-12-23)24-17-18-32-28(20-24)27-14-10-13-26-25-16-15-22(21(3)4)19-29(25)33-30(26)27;1-15-14-20-19(17-10-6-3-7-11-17)13-18(15)12-16-8-4-2-5-9-16;/h7-13,15-21H,5-6H2,1-4H3;3,6-7,10,13-14,16H,2,4-5,8-9,12H2,1H3;/q2*-1;/i;1D3;. The van der Waals surface area contributed by atoms with E-state index in [1.165, 1.54) is 48.8 Å². The van der Waals surface area contributed by atoms with Gasteiger partial charge in [0.1, 0.15) is 5.58 Å². The molecule has 3 heterocycles. The van der Waals surface area contributed by atoms with Crippen molar-refractivity contribution >= 4 is 21.9 Å². The summed E-state index contributed by atoms with van der Waals surface area (Å²) in [6.07, 6.45) is 12.6. The van der Waals surface area contributed by atoms with Crippen molar-refractivity contribution in [1.29, 1.82) is 0 Å². The van der Waals surface area contributed by atoms with Crippen molar-refractivity contribution in [1.82, 2.24) is 9.97 Å². The van der Waals surface area contributed by atoms with E-state index >= 15 is 0 Å². The molecule has 8 rings (SSSR count). The zero-order valence-electron chi connectivity index (χ0n) is 34.9. The number of furan rings is 1. The minimum absolute atomic E-state index is 0. The van der Waals surface area contributed by atoms with Gasteiger partial charge in [0.05, 0.1) is 5.58 Å². The molecule has 0 aliphatic heterocycles. The molecule has 7 aromatic rings. The first kappa shape index (κ1) is 35.3. The van der Waals surface area contributed by atoms with Crippen LogP contribution in [-0.4, -0.2) is 9.97 Å². The van der Waals surface area contributed by atoms with Gasteiger partial charge in [-0.15, -0.1) is 54.1 Å². The molecule has 0 saturated heterocycles. The van der Waals surface area contributed by atoms with Gasteiger partial charge in [0.2, 0.25) is 0 Å². The average Bonchev–Trinajstić information content (AvgIpc) is 3.61. The summed E-state index contributed by atoms with van der Waals surface area (Å²) in [7, 11) is 0. The van der Waals surface area contributed by atoms with E-state index in [0.717, 1.165) is 69.3 Å². The van der Waals surface area contributed by atoms with Crippen LogP contribution < -0.4 is 0 Å². The number of hydrogen-bond acceptors (Lipinski definition) is 3. The zero-order chi connectivity index (χ0) is 39.3. The van der Waals surface area contributed by atoms with Crippen LogP contribution in [0.3, 0.4) is 0 Å². The van der Waals surface area contributed by atoms with E-state index < -0.39 is 6.85 Å². The van der Waals surface area contributed by atoms with Crippen LogP contribution in [0.5, 0.6) is 0 Å². The molecule has 1 radical (unpaired) electrons. The fraction of sp³-hybridized carbons (Fsp3) is 0.320. The van der Waals surface area contributed by atoms with Gasteiger partial charge in [-0.1, -0.05) is 131 Å². The van der Waals surface area contributed by atoms with Gasteiger partial charge in [0.25, 0.3) is 0 Å². The van der Waals surface area contributed by atoms with E-state index in [1.807, 2.05) is 42.6 Å². The molecule has 54 heavy (non-hydrogen) atoms. The predicted molar refractivity (Wildman–Crippen MR) is 221 cm³/mol. The van der Waals surface area contributed by atoms with Crippen LogP contribution in [0.1, 0.15) is 110 Å². The van der Waals surface area contributed by atoms with E-state index in [4.69, 9.17) is 13.5 Å². The fourth-order valence-electron chi connectivity index (χ4n) is 8.23. The van der Waals surface area contributed by atoms with E-state index in [2.05, 4.69) is 112 Å². The van der Waals surface area contributed by atoms with Crippen LogP contribution in [-0.2, 0) is 31.9 Å². The molecule has 0 spiro atoms. The molecule has 0 amide bonds. The second kappa shape index (κ2) is 17.8. The molecular formula is C50H52IrN2O-2. The molecule has 3 aromatic heterocycles. The third-order valence-corrected chi connectivity index (χ3v) is 11.4. The summed E-state index contributed by atoms with van der Waals surface area (Å²) in [5.41, 5.74) is 10.5. The molecule has 0 N–H and O–H groups in total. The quantitative estimate of drug-likeness (QED) is 0.136. The molecular weight excluding hydrogens is 837 g/mol. The van der Waals surface area contributed by atoms with Crippen LogP contribution in [0.2, 0.25) is 0 Å². The van der Waals surface area contributed by atoms with Gasteiger partial charge in [-0.05, 0) is 83.7 Å². The van der Waals surface area contributed by atoms with Crippen LogP contribution in [0.4, 0.5) is 0 Å². The van der Waals surface area contributed by atoms with Gasteiger partial charge >= 0.3 is 0 Å². The molecule has 1 aliphatic carbocycles. The summed E-state index contributed by atoms with van der Waals surface area (Å²) >= 11 is 0. The Morgan fingerprint density at radius 2 is 1.59 bits per heavy atom. The number of nitrogens with zero attached hydrogens (tertiary/aromatic N) is 2. The van der Waals surface area contributed by atoms with Gasteiger partial charge in [0, 0.05) is 47.4 Å². The molecule has 0 bridgehead atoms. The number of pyridine rings is 2. The average molecular weight is 892 g/mol. The Morgan fingerprint density at radius 1 is 0.796 bits per heavy atom. The SMILES string of the molecule is CCC(CC)(c1ccccc1)c1ccnc(-c2[c-]ccc3c2oc2cc(C(C)C)ccc23)c1.[2H]C([2H])([2H])c1cnc(-c2[c-]cccc2)cc1CC1CCCCC1.[Ir]. The van der Waals surface area contributed by atoms with Gasteiger partial charge in [-0.25, -0.2) is 0 Å². The van der Waals surface area contributed by atoms with Crippen molar-refractivity contribution < 1.29 is 28.6 Å². The largest absolute Gasteiger partial charge is 0.501 e. The number of fused-ring (bicyclic) bond motifs is 3. The molecule has 3 nitrogen and oxygen atoms in total. The molecule has 0 atom stereocenters. The Balaban J connectivity index is 0.000000202. The Kier molecular flexibility index (Phi) is 11.7. The van der Waals surface area contributed by atoms with Crippen LogP contribution >= 0.6 is 0 Å². The van der Waals surface area contributed by atoms with E-state index in [1.54, 1.807) is 6.20 Å². The number of benzene rings is 4. The predicted octanol–water partition coefficient (Wildman–Crippen LogP) is 13.7. The van der Waals surface area contributed by atoms with Crippen LogP contribution in [0, 0.1) is 24.9 Å². The van der Waals surface area contributed by atoms with Crippen molar-refractivity contribution in [2.75, 3.05) is 0 Å². The molecule has 1 aliphatic rings. The van der Waals surface area contributed by atoms with Crippen LogP contribution in [0.15, 0.2) is 120 Å². The van der Waals surface area contributed by atoms with Gasteiger partial charge in [0.15, 0.2) is 0 Å². The minimum atomic E-state index is -2.10. The molecule has 0 unspecified atom stereocenters. The third-order valence-electron chi connectivity index (χ3n) is 11.4. The monoisotopic (exact) mass is 892 g/mol. The summed E-state index contributed by atoms with van der Waals surface area (Å²) in [6.45, 7) is 6.86. The Hall–Kier alpha value is -4.37. The Labute approximate surface area is 340 Å². The van der Waals surface area contributed by atoms with Crippen molar-refractivity contribution in [3.63, 3.8) is 0 Å². The van der Waals surface area contributed by atoms with Crippen molar-refractivity contribution in [2.45, 2.75) is 97.2 Å². The summed E-state index contributed by atoms with van der Waals surface area (Å²) < 4.78 is 29.8. The first-order valence-corrected chi connectivity index (χ1v) is 19.5. The molecule has 1 fully saturated rings. The summed E-state index contributed by atoms with van der Waals surface area (Å²) in [5, 5.41) is 2.25. The summed E-state index contributed by atoms with van der Waals surface area (Å²) in [6, 6.07) is 42.1. The Bertz CT molecular complexity index is 2380. The van der Waals surface area contributed by atoms with Crippen molar-refractivity contribution in [3.8, 4) is 22.5 Å². The molecule has 4 heteroatoms. The van der Waals surface area contributed by atoms with Gasteiger partial charge < -0.3 is 14.4 Å². The van der Waals surface area contributed by atoms with Gasteiger partial charge in [-0.3, -0.25) is 0 Å². The second-order valence-corrected chi connectivity index (χ2v) is 14.9. The first-order chi connectivity index (χ1) is 27.1. The van der Waals surface area contributed by atoms with E-state index in [9.17, 15) is 0 Å². The first-order valence-electron chi connectivity index (χ1n) is 21.0. The fourth-order valence-corrected chi connectivity index (χ4v) is 8.23.